The highest BCUT2D eigenvalue weighted by Crippen LogP contribution is 2.19. The number of hydrogen-bond acceptors (Lipinski definition) is 9. The van der Waals surface area contributed by atoms with Crippen molar-refractivity contribution in [2.45, 2.75) is 49.9 Å². The molecular formula is C26H37N7O7S2. The second-order valence-electron chi connectivity index (χ2n) is 9.44. The van der Waals surface area contributed by atoms with Crippen LogP contribution in [0.4, 0.5) is 0 Å². The van der Waals surface area contributed by atoms with Crippen molar-refractivity contribution in [3.63, 3.8) is 0 Å². The van der Waals surface area contributed by atoms with Crippen LogP contribution in [0.25, 0.3) is 10.9 Å². The van der Waals surface area contributed by atoms with Gasteiger partial charge in [-0.2, -0.15) is 24.4 Å². The molecule has 42 heavy (non-hydrogen) atoms. The zero-order valence-corrected chi connectivity index (χ0v) is 24.8. The molecule has 0 spiro atoms. The predicted octanol–water partition coefficient (Wildman–Crippen LogP) is -1.36. The maximum Gasteiger partial charge on any atom is 0.326 e. The standard InChI is InChI=1S/C26H37N7O7S2/c1-42-9-8-18(32-23(36)16(27)6-7-21(28)34)25(38)33-20(13-41)24(37)30-12-22(35)31-19(26(39)40)10-14-11-29-17-5-3-2-4-15(14)17/h2-5,11,16,18-20,29,41H,6-10,12-13,27H2,1H3,(H2,28,34)(H,30,37)(H,31,35)(H,32,36)(H,33,38)(H,39,40)/t16-,18-,19-,20-/m0/s1. The molecule has 0 aliphatic carbocycles. The van der Waals surface area contributed by atoms with Crippen LogP contribution in [0.15, 0.2) is 30.5 Å². The Labute approximate surface area is 252 Å². The largest absolute Gasteiger partial charge is 0.480 e. The van der Waals surface area contributed by atoms with Crippen molar-refractivity contribution in [3.8, 4) is 0 Å². The predicted molar refractivity (Wildman–Crippen MR) is 162 cm³/mol. The number of thioether (sulfide) groups is 1. The van der Waals surface area contributed by atoms with E-state index in [0.717, 1.165) is 10.9 Å². The Morgan fingerprint density at radius 1 is 0.976 bits per heavy atom. The molecule has 10 N–H and O–H groups in total. The molecule has 0 unspecified atom stereocenters. The van der Waals surface area contributed by atoms with Gasteiger partial charge in [-0.25, -0.2) is 4.79 Å². The number of benzene rings is 1. The maximum absolute atomic E-state index is 12.9. The van der Waals surface area contributed by atoms with E-state index in [1.54, 1.807) is 6.20 Å². The Balaban J connectivity index is 1.94. The molecular weight excluding hydrogens is 586 g/mol. The van der Waals surface area contributed by atoms with Crippen molar-refractivity contribution < 1.29 is 33.9 Å². The van der Waals surface area contributed by atoms with Crippen molar-refractivity contribution >= 4 is 70.8 Å². The lowest BCUT2D eigenvalue weighted by atomic mass is 10.0. The van der Waals surface area contributed by atoms with Gasteiger partial charge in [0.25, 0.3) is 0 Å². The van der Waals surface area contributed by atoms with Crippen molar-refractivity contribution in [2.75, 3.05) is 24.3 Å². The first-order chi connectivity index (χ1) is 20.0. The summed E-state index contributed by atoms with van der Waals surface area (Å²) in [5.74, 6) is -4.26. The van der Waals surface area contributed by atoms with E-state index in [4.69, 9.17) is 11.5 Å². The molecule has 1 aromatic heterocycles. The van der Waals surface area contributed by atoms with E-state index in [1.165, 1.54) is 11.8 Å². The molecule has 0 bridgehead atoms. The monoisotopic (exact) mass is 623 g/mol. The van der Waals surface area contributed by atoms with Crippen molar-refractivity contribution in [3.05, 3.63) is 36.0 Å². The molecule has 5 amide bonds. The van der Waals surface area contributed by atoms with E-state index in [-0.39, 0.29) is 31.4 Å². The molecule has 230 valence electrons. The number of H-pyrrole nitrogens is 1. The van der Waals surface area contributed by atoms with Crippen LogP contribution >= 0.6 is 24.4 Å². The van der Waals surface area contributed by atoms with Crippen LogP contribution < -0.4 is 32.7 Å². The third-order valence-corrected chi connectivity index (χ3v) is 7.26. The van der Waals surface area contributed by atoms with Gasteiger partial charge in [-0.3, -0.25) is 24.0 Å². The van der Waals surface area contributed by atoms with Gasteiger partial charge in [-0.15, -0.1) is 0 Å². The summed E-state index contributed by atoms with van der Waals surface area (Å²) in [7, 11) is 0. The van der Waals surface area contributed by atoms with E-state index >= 15 is 0 Å². The summed E-state index contributed by atoms with van der Waals surface area (Å²) in [5.41, 5.74) is 12.4. The number of aliphatic carboxylic acids is 1. The van der Waals surface area contributed by atoms with Crippen LogP contribution in [0.2, 0.25) is 0 Å². The number of nitrogens with one attached hydrogen (secondary N) is 5. The number of hydrogen-bond donors (Lipinski definition) is 9. The summed E-state index contributed by atoms with van der Waals surface area (Å²) in [6.45, 7) is -0.544. The van der Waals surface area contributed by atoms with Gasteiger partial charge in [0, 0.05) is 35.7 Å². The summed E-state index contributed by atoms with van der Waals surface area (Å²) in [6, 6.07) is 2.85. The number of amides is 5. The van der Waals surface area contributed by atoms with Crippen LogP contribution in [0, 0.1) is 0 Å². The zero-order valence-electron chi connectivity index (χ0n) is 23.1. The first-order valence-corrected chi connectivity index (χ1v) is 15.1. The molecule has 0 aliphatic rings. The fraction of sp³-hybridized carbons (Fsp3) is 0.462. The number of thiol groups is 1. The summed E-state index contributed by atoms with van der Waals surface area (Å²) in [6.07, 6.45) is 3.66. The number of fused-ring (bicyclic) bond motifs is 1. The Bertz CT molecular complexity index is 1270. The number of carbonyl (C=O) groups excluding carboxylic acids is 5. The molecule has 0 fully saturated rings. The van der Waals surface area contributed by atoms with E-state index < -0.39 is 66.2 Å². The fourth-order valence-electron chi connectivity index (χ4n) is 3.93. The van der Waals surface area contributed by atoms with Crippen LogP contribution in [0.5, 0.6) is 0 Å². The Morgan fingerprint density at radius 3 is 2.31 bits per heavy atom. The average molecular weight is 624 g/mol. The van der Waals surface area contributed by atoms with Gasteiger partial charge in [-0.05, 0) is 36.5 Å². The summed E-state index contributed by atoms with van der Waals surface area (Å²) >= 11 is 5.55. The average Bonchev–Trinajstić information content (AvgIpc) is 3.37. The second kappa shape index (κ2) is 17.3. The number of primary amides is 1. The number of carboxylic acid groups (broad SMARTS) is 1. The van der Waals surface area contributed by atoms with E-state index in [1.807, 2.05) is 30.5 Å². The summed E-state index contributed by atoms with van der Waals surface area (Å²) < 4.78 is 0. The summed E-state index contributed by atoms with van der Waals surface area (Å²) in [5, 5.41) is 20.3. The number of aromatic amines is 1. The summed E-state index contributed by atoms with van der Waals surface area (Å²) in [4.78, 5) is 76.4. The van der Waals surface area contributed by atoms with Crippen molar-refractivity contribution in [1.82, 2.24) is 26.3 Å². The maximum atomic E-state index is 12.9. The molecule has 1 heterocycles. The Morgan fingerprint density at radius 2 is 1.67 bits per heavy atom. The van der Waals surface area contributed by atoms with Gasteiger partial charge in [0.15, 0.2) is 0 Å². The highest BCUT2D eigenvalue weighted by molar-refractivity contribution is 7.98. The quantitative estimate of drug-likeness (QED) is 0.0890. The van der Waals surface area contributed by atoms with Gasteiger partial charge in [0.2, 0.25) is 29.5 Å². The van der Waals surface area contributed by atoms with Gasteiger partial charge >= 0.3 is 5.97 Å². The SMILES string of the molecule is CSCC[C@H](NC(=O)[C@@H](N)CCC(N)=O)C(=O)N[C@@H](CS)C(=O)NCC(=O)N[C@@H](Cc1c[nH]c2ccccc12)C(=O)O. The minimum absolute atomic E-state index is 0.00624. The number of carboxylic acids is 1. The number of aromatic nitrogens is 1. The third-order valence-electron chi connectivity index (χ3n) is 6.25. The fourth-order valence-corrected chi connectivity index (χ4v) is 4.66. The van der Waals surface area contributed by atoms with Crippen LogP contribution in [0.1, 0.15) is 24.8 Å². The van der Waals surface area contributed by atoms with Gasteiger partial charge < -0.3 is 42.8 Å². The van der Waals surface area contributed by atoms with Gasteiger partial charge in [-0.1, -0.05) is 18.2 Å². The zero-order chi connectivity index (χ0) is 31.2. The number of nitrogens with two attached hydrogens (primary N) is 2. The number of rotatable bonds is 18. The second-order valence-corrected chi connectivity index (χ2v) is 10.8. The van der Waals surface area contributed by atoms with E-state index in [0.29, 0.717) is 11.3 Å². The third kappa shape index (κ3) is 10.9. The van der Waals surface area contributed by atoms with Gasteiger partial charge in [0.05, 0.1) is 12.6 Å². The topological polar surface area (TPSA) is 239 Å². The normalized spacial score (nSPS) is 13.8. The van der Waals surface area contributed by atoms with E-state index in [9.17, 15) is 33.9 Å². The molecule has 0 aliphatic heterocycles. The highest BCUT2D eigenvalue weighted by atomic mass is 32.2. The first kappa shape index (κ1) is 34.4. The number of carbonyl (C=O) groups is 6. The molecule has 0 saturated carbocycles. The Kier molecular flexibility index (Phi) is 14.1. The molecule has 0 saturated heterocycles. The van der Waals surface area contributed by atoms with Crippen LogP contribution in [-0.2, 0) is 35.2 Å². The van der Waals surface area contributed by atoms with E-state index in [2.05, 4.69) is 38.9 Å². The molecule has 14 nitrogen and oxygen atoms in total. The molecule has 1 aromatic carbocycles. The molecule has 2 rings (SSSR count). The van der Waals surface area contributed by atoms with Gasteiger partial charge in [0.1, 0.15) is 18.1 Å². The first-order valence-electron chi connectivity index (χ1n) is 13.1. The lowest BCUT2D eigenvalue weighted by Crippen LogP contribution is -2.57. The minimum Gasteiger partial charge on any atom is -0.480 e. The smallest absolute Gasteiger partial charge is 0.326 e. The van der Waals surface area contributed by atoms with Crippen molar-refractivity contribution in [1.29, 1.82) is 0 Å². The van der Waals surface area contributed by atoms with Crippen LogP contribution in [-0.4, -0.2) is 94.1 Å². The highest BCUT2D eigenvalue weighted by Gasteiger charge is 2.28. The number of para-hydroxylation sites is 1. The molecule has 0 radical (unpaired) electrons. The Hall–Kier alpha value is -3.76. The molecule has 4 atom stereocenters. The van der Waals surface area contributed by atoms with Crippen molar-refractivity contribution in [2.24, 2.45) is 11.5 Å². The lowest BCUT2D eigenvalue weighted by molar-refractivity contribution is -0.141. The lowest BCUT2D eigenvalue weighted by Gasteiger charge is -2.23. The molecule has 16 heteroatoms. The molecule has 2 aromatic rings. The van der Waals surface area contributed by atoms with Crippen LogP contribution in [0.3, 0.4) is 0 Å². The minimum atomic E-state index is -1.25.